The lowest BCUT2D eigenvalue weighted by atomic mass is 10.2. The Morgan fingerprint density at radius 1 is 1.27 bits per heavy atom. The van der Waals surface area contributed by atoms with Crippen LogP contribution in [0.15, 0.2) is 24.3 Å². The molecular weight excluding hydrogens is 141 g/mol. The third-order valence-corrected chi connectivity index (χ3v) is 1.30. The molecule has 0 N–H and O–H groups in total. The van der Waals surface area contributed by atoms with Crippen molar-refractivity contribution in [3.63, 3.8) is 0 Å². The van der Waals surface area contributed by atoms with Crippen molar-refractivity contribution in [2.24, 2.45) is 0 Å². The summed E-state index contributed by atoms with van der Waals surface area (Å²) >= 11 is 0. The fourth-order valence-electron chi connectivity index (χ4n) is 0.858. The molecule has 0 radical (unpaired) electrons. The summed E-state index contributed by atoms with van der Waals surface area (Å²) in [5.74, 6) is -0.179. The van der Waals surface area contributed by atoms with E-state index in [-0.39, 0.29) is 5.82 Å². The molecule has 2 heteroatoms. The van der Waals surface area contributed by atoms with Gasteiger partial charge in [0.05, 0.1) is 5.56 Å². The first kappa shape index (κ1) is 7.92. The van der Waals surface area contributed by atoms with Gasteiger partial charge < -0.3 is 0 Å². The van der Waals surface area contributed by atoms with E-state index in [1.807, 2.05) is 24.7 Å². The van der Waals surface area contributed by atoms with Gasteiger partial charge in [-0.2, -0.15) is 0 Å². The average molecular weight is 152 g/mol. The van der Waals surface area contributed by atoms with Crippen molar-refractivity contribution in [1.29, 1.82) is 0 Å². The summed E-state index contributed by atoms with van der Waals surface area (Å²) < 4.78 is 14.7. The van der Waals surface area contributed by atoms with Crippen LogP contribution in [0.5, 0.6) is 0 Å². The molecule has 0 spiro atoms. The summed E-state index contributed by atoms with van der Waals surface area (Å²) in [6.07, 6.45) is 1.75. The van der Waals surface area contributed by atoms with Gasteiger partial charge in [-0.15, -0.1) is 0 Å². The van der Waals surface area contributed by atoms with Crippen molar-refractivity contribution in [3.05, 3.63) is 35.6 Å². The lowest BCUT2D eigenvalue weighted by Crippen LogP contribution is -2.01. The maximum absolute atomic E-state index is 12.9. The highest BCUT2D eigenvalue weighted by atomic mass is 19.1. The van der Waals surface area contributed by atoms with Crippen LogP contribution in [0.25, 0.3) is 0 Å². The molecule has 0 atom stereocenters. The molecule has 0 amide bonds. The molecule has 1 rings (SSSR count). The minimum atomic E-state index is -0.179. The highest BCUT2D eigenvalue weighted by molar-refractivity contribution is 5.75. The van der Waals surface area contributed by atoms with Gasteiger partial charge in [-0.1, -0.05) is 12.1 Å². The van der Waals surface area contributed by atoms with Gasteiger partial charge in [-0.25, -0.2) is 8.97 Å². The predicted molar refractivity (Wildman–Crippen MR) is 43.7 cm³/mol. The van der Waals surface area contributed by atoms with Crippen LogP contribution in [0.4, 0.5) is 4.39 Å². The Kier molecular flexibility index (Phi) is 2.36. The number of rotatable bonds is 1. The van der Waals surface area contributed by atoms with Gasteiger partial charge in [-0.05, 0) is 12.1 Å². The first-order valence-electron chi connectivity index (χ1n) is 3.46. The van der Waals surface area contributed by atoms with Crippen molar-refractivity contribution >= 4 is 6.21 Å². The molecular formula is C9H11FN+. The molecule has 0 aliphatic carbocycles. The van der Waals surface area contributed by atoms with Crippen LogP contribution in [0.3, 0.4) is 0 Å². The van der Waals surface area contributed by atoms with Gasteiger partial charge in [0.2, 0.25) is 0 Å². The van der Waals surface area contributed by atoms with Gasteiger partial charge in [0.25, 0.3) is 0 Å². The van der Waals surface area contributed by atoms with Crippen molar-refractivity contribution in [1.82, 2.24) is 0 Å². The third-order valence-electron chi connectivity index (χ3n) is 1.30. The van der Waals surface area contributed by atoms with E-state index >= 15 is 0 Å². The molecule has 0 aromatic heterocycles. The van der Waals surface area contributed by atoms with Crippen molar-refractivity contribution in [2.75, 3.05) is 14.1 Å². The normalized spacial score (nSPS) is 9.36. The molecule has 0 saturated heterocycles. The Bertz CT molecular complexity index is 275. The van der Waals surface area contributed by atoms with Crippen LogP contribution in [0.1, 0.15) is 5.56 Å². The lowest BCUT2D eigenvalue weighted by molar-refractivity contribution is -0.458. The minimum absolute atomic E-state index is 0.179. The largest absolute Gasteiger partial charge is 0.241 e. The summed E-state index contributed by atoms with van der Waals surface area (Å²) in [4.78, 5) is 0. The van der Waals surface area contributed by atoms with E-state index < -0.39 is 0 Å². The fourth-order valence-corrected chi connectivity index (χ4v) is 0.858. The van der Waals surface area contributed by atoms with Gasteiger partial charge in [0.1, 0.15) is 19.9 Å². The molecule has 0 unspecified atom stereocenters. The summed E-state index contributed by atoms with van der Waals surface area (Å²) in [6.45, 7) is 0. The van der Waals surface area contributed by atoms with E-state index in [1.165, 1.54) is 6.07 Å². The number of halogens is 1. The standard InChI is InChI=1S/C9H11FN/c1-11(2)7-8-5-3-4-6-9(8)10/h3-7H,1-2H3/q+1. The number of hydrogen-bond donors (Lipinski definition) is 0. The fraction of sp³-hybridized carbons (Fsp3) is 0.222. The molecule has 0 saturated carbocycles. The maximum Gasteiger partial charge on any atom is 0.173 e. The minimum Gasteiger partial charge on any atom is -0.241 e. The first-order valence-corrected chi connectivity index (χ1v) is 3.46. The van der Waals surface area contributed by atoms with E-state index in [0.29, 0.717) is 5.56 Å². The zero-order chi connectivity index (χ0) is 8.27. The second-order valence-corrected chi connectivity index (χ2v) is 2.61. The summed E-state index contributed by atoms with van der Waals surface area (Å²) in [7, 11) is 3.74. The molecule has 11 heavy (non-hydrogen) atoms. The predicted octanol–water partition coefficient (Wildman–Crippen LogP) is 1.52. The quantitative estimate of drug-likeness (QED) is 0.424. The average Bonchev–Trinajstić information content (AvgIpc) is 1.93. The van der Waals surface area contributed by atoms with Crippen molar-refractivity contribution in [2.45, 2.75) is 0 Å². The Balaban J connectivity index is 3.04. The molecule has 0 aliphatic rings. The second-order valence-electron chi connectivity index (χ2n) is 2.61. The van der Waals surface area contributed by atoms with E-state index in [4.69, 9.17) is 0 Å². The van der Waals surface area contributed by atoms with E-state index in [2.05, 4.69) is 0 Å². The summed E-state index contributed by atoms with van der Waals surface area (Å²) in [5, 5.41) is 0. The van der Waals surface area contributed by atoms with Crippen LogP contribution in [-0.2, 0) is 0 Å². The second kappa shape index (κ2) is 3.28. The van der Waals surface area contributed by atoms with Gasteiger partial charge in [0, 0.05) is 0 Å². The highest BCUT2D eigenvalue weighted by Gasteiger charge is 1.98. The Morgan fingerprint density at radius 2 is 1.91 bits per heavy atom. The van der Waals surface area contributed by atoms with Crippen LogP contribution in [0, 0.1) is 5.82 Å². The molecule has 0 bridgehead atoms. The van der Waals surface area contributed by atoms with E-state index in [0.717, 1.165) is 0 Å². The van der Waals surface area contributed by atoms with Crippen LogP contribution in [-0.4, -0.2) is 24.9 Å². The zero-order valence-corrected chi connectivity index (χ0v) is 6.71. The summed E-state index contributed by atoms with van der Waals surface area (Å²) in [6, 6.07) is 6.70. The SMILES string of the molecule is C[N+](C)=Cc1ccccc1F. The van der Waals surface area contributed by atoms with Gasteiger partial charge in [0.15, 0.2) is 6.21 Å². The Hall–Kier alpha value is -1.18. The van der Waals surface area contributed by atoms with Crippen LogP contribution < -0.4 is 0 Å². The molecule has 0 aliphatic heterocycles. The highest BCUT2D eigenvalue weighted by Crippen LogP contribution is 2.01. The Morgan fingerprint density at radius 3 is 2.45 bits per heavy atom. The first-order chi connectivity index (χ1) is 5.20. The molecule has 0 fully saturated rings. The van der Waals surface area contributed by atoms with Crippen molar-refractivity contribution < 1.29 is 8.97 Å². The van der Waals surface area contributed by atoms with Gasteiger partial charge >= 0.3 is 0 Å². The van der Waals surface area contributed by atoms with Gasteiger partial charge in [-0.3, -0.25) is 0 Å². The topological polar surface area (TPSA) is 3.01 Å². The summed E-state index contributed by atoms with van der Waals surface area (Å²) in [5.41, 5.74) is 0.623. The van der Waals surface area contributed by atoms with E-state index in [9.17, 15) is 4.39 Å². The number of hydrogen-bond acceptors (Lipinski definition) is 0. The number of nitrogens with zero attached hydrogens (tertiary/aromatic N) is 1. The van der Waals surface area contributed by atoms with Crippen LogP contribution in [0.2, 0.25) is 0 Å². The molecule has 1 nitrogen and oxygen atoms in total. The number of benzene rings is 1. The molecule has 1 aromatic carbocycles. The van der Waals surface area contributed by atoms with E-state index in [1.54, 1.807) is 18.3 Å². The molecule has 0 heterocycles. The van der Waals surface area contributed by atoms with Crippen molar-refractivity contribution in [3.8, 4) is 0 Å². The molecule has 58 valence electrons. The Labute approximate surface area is 65.8 Å². The zero-order valence-electron chi connectivity index (χ0n) is 6.71. The molecule has 1 aromatic rings. The maximum atomic E-state index is 12.9. The monoisotopic (exact) mass is 152 g/mol. The lowest BCUT2D eigenvalue weighted by Gasteiger charge is -1.91. The third kappa shape index (κ3) is 2.15. The smallest absolute Gasteiger partial charge is 0.173 e. The van der Waals surface area contributed by atoms with Crippen LogP contribution >= 0.6 is 0 Å².